The van der Waals surface area contributed by atoms with Crippen molar-refractivity contribution in [2.75, 3.05) is 0 Å². The highest BCUT2D eigenvalue weighted by Gasteiger charge is 2.64. The molecular weight excluding hydrogens is 408 g/mol. The number of carbonyl (C=O) groups excluding carboxylic acids is 3. The molecule has 0 saturated heterocycles. The summed E-state index contributed by atoms with van der Waals surface area (Å²) in [5.41, 5.74) is 4.37. The number of rotatable bonds is 3. The van der Waals surface area contributed by atoms with Crippen molar-refractivity contribution in [3.05, 3.63) is 47.1 Å². The van der Waals surface area contributed by atoms with Crippen LogP contribution >= 0.6 is 0 Å². The first-order valence-electron chi connectivity index (χ1n) is 12.6. The van der Waals surface area contributed by atoms with E-state index in [-0.39, 0.29) is 11.2 Å². The average molecular weight is 453 g/mol. The van der Waals surface area contributed by atoms with Crippen LogP contribution in [0.2, 0.25) is 0 Å². The zero-order valence-electron chi connectivity index (χ0n) is 22.1. The Morgan fingerprint density at radius 2 is 1.48 bits per heavy atom. The summed E-state index contributed by atoms with van der Waals surface area (Å²) in [4.78, 5) is 34.0. The van der Waals surface area contributed by atoms with E-state index in [0.717, 1.165) is 42.4 Å². The lowest BCUT2D eigenvalue weighted by Gasteiger charge is -2.22. The van der Waals surface area contributed by atoms with Crippen LogP contribution in [0.15, 0.2) is 47.1 Å². The molecule has 0 N–H and O–H groups in total. The van der Waals surface area contributed by atoms with Crippen LogP contribution < -0.4 is 0 Å². The van der Waals surface area contributed by atoms with Gasteiger partial charge in [0.05, 0.1) is 0 Å². The minimum atomic E-state index is 0.0596. The molecule has 0 aromatic rings. The molecule has 0 bridgehead atoms. The van der Waals surface area contributed by atoms with Crippen LogP contribution in [0.25, 0.3) is 0 Å². The van der Waals surface area contributed by atoms with E-state index in [9.17, 15) is 14.4 Å². The first-order valence-corrected chi connectivity index (χ1v) is 12.6. The van der Waals surface area contributed by atoms with Gasteiger partial charge in [-0.2, -0.15) is 0 Å². The fourth-order valence-electron chi connectivity index (χ4n) is 5.19. The SMILES string of the molecule is C=C(C)C1CC=C(C)C(=O)C1.CC1=CC(=O)[C@@]2(C(C)C)C[C@@H]12.CC1=CCC(C(C)C)CC1=O. The monoisotopic (exact) mass is 452 g/mol. The Morgan fingerprint density at radius 3 is 1.82 bits per heavy atom. The molecule has 4 atom stereocenters. The highest BCUT2D eigenvalue weighted by atomic mass is 16.1. The van der Waals surface area contributed by atoms with Gasteiger partial charge in [0.25, 0.3) is 0 Å². The van der Waals surface area contributed by atoms with Crippen LogP contribution in [0.1, 0.15) is 87.5 Å². The molecule has 1 saturated carbocycles. The fraction of sp³-hybridized carbons (Fsp3) is 0.633. The van der Waals surface area contributed by atoms with Crippen molar-refractivity contribution in [2.45, 2.75) is 87.5 Å². The molecule has 0 aliphatic heterocycles. The predicted molar refractivity (Wildman–Crippen MR) is 137 cm³/mol. The third kappa shape index (κ3) is 6.31. The van der Waals surface area contributed by atoms with Gasteiger partial charge in [-0.25, -0.2) is 0 Å². The summed E-state index contributed by atoms with van der Waals surface area (Å²) in [6, 6.07) is 0. The van der Waals surface area contributed by atoms with Crippen molar-refractivity contribution >= 4 is 17.3 Å². The molecule has 0 spiro atoms. The van der Waals surface area contributed by atoms with Gasteiger partial charge < -0.3 is 0 Å². The van der Waals surface area contributed by atoms with Gasteiger partial charge >= 0.3 is 0 Å². The first kappa shape index (κ1) is 27.2. The number of ketones is 3. The largest absolute Gasteiger partial charge is 0.295 e. The first-order chi connectivity index (χ1) is 15.3. The van der Waals surface area contributed by atoms with Gasteiger partial charge in [0.1, 0.15) is 0 Å². The Kier molecular flexibility index (Phi) is 9.01. The van der Waals surface area contributed by atoms with Crippen LogP contribution in [0.5, 0.6) is 0 Å². The molecule has 3 nitrogen and oxygen atoms in total. The fourth-order valence-corrected chi connectivity index (χ4v) is 5.19. The molecular formula is C30H44O3. The van der Waals surface area contributed by atoms with Gasteiger partial charge in [-0.05, 0) is 93.8 Å². The lowest BCUT2D eigenvalue weighted by atomic mass is 9.82. The normalized spacial score (nSPS) is 30.4. The van der Waals surface area contributed by atoms with Crippen LogP contribution in [-0.4, -0.2) is 17.3 Å². The second-order valence-corrected chi connectivity index (χ2v) is 11.3. The average Bonchev–Trinajstić information content (AvgIpc) is 3.45. The lowest BCUT2D eigenvalue weighted by Crippen LogP contribution is -2.18. The number of allylic oxidation sites excluding steroid dienone is 7. The van der Waals surface area contributed by atoms with Gasteiger partial charge in [-0.1, -0.05) is 57.6 Å². The third-order valence-corrected chi connectivity index (χ3v) is 8.24. The van der Waals surface area contributed by atoms with Crippen molar-refractivity contribution in [2.24, 2.45) is 35.0 Å². The topological polar surface area (TPSA) is 51.2 Å². The molecule has 4 aliphatic carbocycles. The molecule has 4 rings (SSSR count). The smallest absolute Gasteiger partial charge is 0.162 e. The van der Waals surface area contributed by atoms with Crippen molar-refractivity contribution in [3.63, 3.8) is 0 Å². The maximum absolute atomic E-state index is 11.5. The Hall–Kier alpha value is -2.03. The summed E-state index contributed by atoms with van der Waals surface area (Å²) in [6.45, 7) is 20.4. The maximum Gasteiger partial charge on any atom is 0.162 e. The minimum absolute atomic E-state index is 0.0596. The number of carbonyl (C=O) groups is 3. The minimum Gasteiger partial charge on any atom is -0.295 e. The van der Waals surface area contributed by atoms with Crippen LogP contribution in [-0.2, 0) is 14.4 Å². The summed E-state index contributed by atoms with van der Waals surface area (Å²) < 4.78 is 0. The molecule has 0 radical (unpaired) electrons. The number of hydrogen-bond donors (Lipinski definition) is 0. The summed E-state index contributed by atoms with van der Waals surface area (Å²) in [5.74, 6) is 3.76. The number of Topliss-reactive ketones (excluding diaryl/α,β-unsaturated/α-hetero) is 2. The molecule has 2 unspecified atom stereocenters. The summed E-state index contributed by atoms with van der Waals surface area (Å²) in [6.07, 6.45) is 10.6. The van der Waals surface area contributed by atoms with E-state index in [1.54, 1.807) is 0 Å². The summed E-state index contributed by atoms with van der Waals surface area (Å²) in [5, 5.41) is 0. The highest BCUT2D eigenvalue weighted by molar-refractivity contribution is 6.02. The van der Waals surface area contributed by atoms with E-state index in [0.29, 0.717) is 47.6 Å². The molecule has 0 aromatic carbocycles. The van der Waals surface area contributed by atoms with Gasteiger partial charge in [0, 0.05) is 18.3 Å². The van der Waals surface area contributed by atoms with E-state index < -0.39 is 0 Å². The third-order valence-electron chi connectivity index (χ3n) is 8.24. The Morgan fingerprint density at radius 1 is 0.939 bits per heavy atom. The lowest BCUT2D eigenvalue weighted by molar-refractivity contribution is -0.120. The molecule has 0 amide bonds. The van der Waals surface area contributed by atoms with Crippen molar-refractivity contribution < 1.29 is 14.4 Å². The van der Waals surface area contributed by atoms with E-state index in [2.05, 4.69) is 47.3 Å². The Balaban J connectivity index is 0.000000175. The van der Waals surface area contributed by atoms with Gasteiger partial charge in [0.2, 0.25) is 0 Å². The summed E-state index contributed by atoms with van der Waals surface area (Å²) in [7, 11) is 0. The van der Waals surface area contributed by atoms with E-state index in [4.69, 9.17) is 0 Å². The van der Waals surface area contributed by atoms with Crippen LogP contribution in [0, 0.1) is 35.0 Å². The van der Waals surface area contributed by atoms with Gasteiger partial charge in [-0.3, -0.25) is 14.4 Å². The van der Waals surface area contributed by atoms with Crippen molar-refractivity contribution in [1.29, 1.82) is 0 Å². The second-order valence-electron chi connectivity index (χ2n) is 11.3. The van der Waals surface area contributed by atoms with Gasteiger partial charge in [0.15, 0.2) is 17.3 Å². The second kappa shape index (κ2) is 10.9. The molecule has 4 aliphatic rings. The van der Waals surface area contributed by atoms with Crippen molar-refractivity contribution in [3.8, 4) is 0 Å². The zero-order chi connectivity index (χ0) is 25.1. The Labute approximate surface area is 201 Å². The highest BCUT2D eigenvalue weighted by Crippen LogP contribution is 2.65. The molecule has 33 heavy (non-hydrogen) atoms. The number of fused-ring (bicyclic) bond motifs is 1. The predicted octanol–water partition coefficient (Wildman–Crippen LogP) is 7.23. The van der Waals surface area contributed by atoms with E-state index in [1.165, 1.54) is 5.57 Å². The van der Waals surface area contributed by atoms with Gasteiger partial charge in [-0.15, -0.1) is 0 Å². The van der Waals surface area contributed by atoms with Crippen LogP contribution in [0.3, 0.4) is 0 Å². The van der Waals surface area contributed by atoms with E-state index >= 15 is 0 Å². The Bertz CT molecular complexity index is 896. The van der Waals surface area contributed by atoms with Crippen molar-refractivity contribution in [1.82, 2.24) is 0 Å². The number of hydrogen-bond acceptors (Lipinski definition) is 3. The van der Waals surface area contributed by atoms with E-state index in [1.807, 2.05) is 32.9 Å². The molecule has 182 valence electrons. The summed E-state index contributed by atoms with van der Waals surface area (Å²) >= 11 is 0. The molecule has 1 fully saturated rings. The van der Waals surface area contributed by atoms with Crippen LogP contribution in [0.4, 0.5) is 0 Å². The zero-order valence-corrected chi connectivity index (χ0v) is 22.1. The quantitative estimate of drug-likeness (QED) is 0.424. The molecule has 0 aromatic heterocycles. The molecule has 3 heteroatoms. The maximum atomic E-state index is 11.5. The molecule has 0 heterocycles. The standard InChI is InChI=1S/C10H14O.C10H16O.C10H14O/c1-6(2)10-5-8(10)7(3)4-9(10)11;2*1-7(2)9-5-4-8(3)10(11)6-9/h4,6,8H,5H2,1-3H3;4,7,9H,5-6H2,1-3H3;4,9H,1,5-6H2,2-3H3/t8-,10+;;/m0../s1.